The minimum Gasteiger partial charge on any atom is -0.383 e. The van der Waals surface area contributed by atoms with Crippen LogP contribution in [-0.2, 0) is 4.74 Å². The molecule has 2 aromatic heterocycles. The summed E-state index contributed by atoms with van der Waals surface area (Å²) in [6.07, 6.45) is 3.49. The molecule has 0 saturated carbocycles. The average Bonchev–Trinajstić information content (AvgIpc) is 3.01. The Labute approximate surface area is 124 Å². The first-order valence-electron chi connectivity index (χ1n) is 6.85. The Morgan fingerprint density at radius 2 is 2.14 bits per heavy atom. The summed E-state index contributed by atoms with van der Waals surface area (Å²) in [5.41, 5.74) is 0. The summed E-state index contributed by atoms with van der Waals surface area (Å²) in [7, 11) is 3.46. The van der Waals surface area contributed by atoms with E-state index in [4.69, 9.17) is 4.74 Å². The summed E-state index contributed by atoms with van der Waals surface area (Å²) in [5.74, 6) is 1.60. The molecule has 0 fully saturated rings. The lowest BCUT2D eigenvalue weighted by molar-refractivity contribution is 0.203. The van der Waals surface area contributed by atoms with Crippen molar-refractivity contribution in [3.8, 4) is 5.95 Å². The van der Waals surface area contributed by atoms with Crippen LogP contribution in [0.3, 0.4) is 0 Å². The number of nitrogens with one attached hydrogen (secondary N) is 1. The number of aromatic nitrogens is 5. The van der Waals surface area contributed by atoms with E-state index in [1.165, 1.54) is 0 Å². The number of nitrogens with zero attached hydrogens (tertiary/aromatic N) is 6. The topological polar surface area (TPSA) is 81.0 Å². The molecule has 0 saturated heterocycles. The number of hydrogen-bond donors (Lipinski definition) is 1. The molecule has 2 rings (SSSR count). The van der Waals surface area contributed by atoms with E-state index in [0.717, 1.165) is 0 Å². The Balaban J connectivity index is 2.39. The molecule has 0 aliphatic heterocycles. The van der Waals surface area contributed by atoms with Crippen LogP contribution in [0.5, 0.6) is 0 Å². The van der Waals surface area contributed by atoms with Crippen LogP contribution in [0.4, 0.5) is 11.9 Å². The number of rotatable bonds is 7. The molecular formula is C13H21N7O. The molecule has 0 aliphatic carbocycles. The van der Waals surface area contributed by atoms with Crippen LogP contribution in [0.25, 0.3) is 5.95 Å². The fourth-order valence-corrected chi connectivity index (χ4v) is 1.86. The maximum atomic E-state index is 5.16. The zero-order chi connectivity index (χ0) is 15.2. The first-order valence-corrected chi connectivity index (χ1v) is 6.85. The summed E-state index contributed by atoms with van der Waals surface area (Å²) in [6, 6.07) is 2.07. The summed E-state index contributed by atoms with van der Waals surface area (Å²) in [4.78, 5) is 15.3. The van der Waals surface area contributed by atoms with Gasteiger partial charge in [0.1, 0.15) is 0 Å². The normalized spacial score (nSPS) is 10.9. The van der Waals surface area contributed by atoms with E-state index < -0.39 is 0 Å². The molecule has 0 atom stereocenters. The number of methoxy groups -OCH3 is 1. The summed E-state index contributed by atoms with van der Waals surface area (Å²) >= 11 is 0. The van der Waals surface area contributed by atoms with Crippen molar-refractivity contribution in [2.75, 3.05) is 37.5 Å². The molecule has 8 nitrogen and oxygen atoms in total. The van der Waals surface area contributed by atoms with E-state index in [1.807, 2.05) is 6.07 Å². The van der Waals surface area contributed by atoms with Gasteiger partial charge in [0, 0.05) is 39.1 Å². The highest BCUT2D eigenvalue weighted by molar-refractivity contribution is 5.40. The van der Waals surface area contributed by atoms with Gasteiger partial charge in [-0.3, -0.25) is 0 Å². The van der Waals surface area contributed by atoms with Gasteiger partial charge in [0.2, 0.25) is 11.9 Å². The van der Waals surface area contributed by atoms with Crippen LogP contribution in [0, 0.1) is 0 Å². The van der Waals surface area contributed by atoms with Gasteiger partial charge in [-0.25, -0.2) is 4.68 Å². The van der Waals surface area contributed by atoms with E-state index in [-0.39, 0.29) is 6.04 Å². The van der Waals surface area contributed by atoms with Gasteiger partial charge in [0.15, 0.2) is 0 Å². The van der Waals surface area contributed by atoms with Gasteiger partial charge >= 0.3 is 0 Å². The Bertz CT molecular complexity index is 556. The van der Waals surface area contributed by atoms with Crippen molar-refractivity contribution in [3.05, 3.63) is 18.5 Å². The first kappa shape index (κ1) is 15.2. The Kier molecular flexibility index (Phi) is 5.04. The van der Waals surface area contributed by atoms with Crippen molar-refractivity contribution >= 4 is 11.9 Å². The van der Waals surface area contributed by atoms with E-state index in [0.29, 0.717) is 31.0 Å². The smallest absolute Gasteiger partial charge is 0.257 e. The SMILES string of the molecule is CNc1nc(N(CCOC)C(C)C)nc(-n2cccn2)n1. The average molecular weight is 291 g/mol. The molecule has 2 heterocycles. The zero-order valence-corrected chi connectivity index (χ0v) is 12.8. The maximum absolute atomic E-state index is 5.16. The van der Waals surface area contributed by atoms with E-state index in [2.05, 4.69) is 44.1 Å². The highest BCUT2D eigenvalue weighted by Gasteiger charge is 2.16. The molecule has 0 amide bonds. The van der Waals surface area contributed by atoms with Crippen molar-refractivity contribution in [3.63, 3.8) is 0 Å². The molecular weight excluding hydrogens is 270 g/mol. The summed E-state index contributed by atoms with van der Waals surface area (Å²) < 4.78 is 6.77. The molecule has 0 spiro atoms. The van der Waals surface area contributed by atoms with E-state index in [9.17, 15) is 0 Å². The molecule has 2 aromatic rings. The summed E-state index contributed by atoms with van der Waals surface area (Å²) in [5, 5.41) is 7.12. The Morgan fingerprint density at radius 3 is 2.71 bits per heavy atom. The summed E-state index contributed by atoms with van der Waals surface area (Å²) in [6.45, 7) is 5.49. The van der Waals surface area contributed by atoms with Crippen LogP contribution >= 0.6 is 0 Å². The highest BCUT2D eigenvalue weighted by Crippen LogP contribution is 2.15. The predicted molar refractivity (Wildman–Crippen MR) is 80.9 cm³/mol. The van der Waals surface area contributed by atoms with Crippen LogP contribution in [0.2, 0.25) is 0 Å². The van der Waals surface area contributed by atoms with Crippen LogP contribution in [-0.4, -0.2) is 58.1 Å². The van der Waals surface area contributed by atoms with Gasteiger partial charge < -0.3 is 15.0 Å². The van der Waals surface area contributed by atoms with E-state index in [1.54, 1.807) is 31.2 Å². The Hall–Kier alpha value is -2.22. The third-order valence-electron chi connectivity index (χ3n) is 2.96. The minimum absolute atomic E-state index is 0.248. The van der Waals surface area contributed by atoms with Gasteiger partial charge in [0.25, 0.3) is 5.95 Å². The van der Waals surface area contributed by atoms with Crippen LogP contribution < -0.4 is 10.2 Å². The third kappa shape index (κ3) is 3.66. The maximum Gasteiger partial charge on any atom is 0.257 e. The molecule has 0 aromatic carbocycles. The lowest BCUT2D eigenvalue weighted by atomic mass is 10.3. The second kappa shape index (κ2) is 6.98. The van der Waals surface area contributed by atoms with Crippen LogP contribution in [0.1, 0.15) is 13.8 Å². The zero-order valence-electron chi connectivity index (χ0n) is 12.8. The minimum atomic E-state index is 0.248. The van der Waals surface area contributed by atoms with Crippen molar-refractivity contribution in [1.82, 2.24) is 24.7 Å². The molecule has 0 unspecified atom stereocenters. The van der Waals surface area contributed by atoms with Gasteiger partial charge in [-0.05, 0) is 19.9 Å². The molecule has 0 radical (unpaired) electrons. The highest BCUT2D eigenvalue weighted by atomic mass is 16.5. The second-order valence-corrected chi connectivity index (χ2v) is 4.74. The monoisotopic (exact) mass is 291 g/mol. The Morgan fingerprint density at radius 1 is 1.33 bits per heavy atom. The molecule has 21 heavy (non-hydrogen) atoms. The molecule has 114 valence electrons. The molecule has 1 N–H and O–H groups in total. The van der Waals surface area contributed by atoms with Crippen molar-refractivity contribution < 1.29 is 4.74 Å². The predicted octanol–water partition coefficient (Wildman–Crippen LogP) is 0.960. The van der Waals surface area contributed by atoms with Gasteiger partial charge in [-0.15, -0.1) is 0 Å². The fraction of sp³-hybridized carbons (Fsp3) is 0.538. The van der Waals surface area contributed by atoms with Gasteiger partial charge in [-0.2, -0.15) is 20.1 Å². The first-order chi connectivity index (χ1) is 10.2. The molecule has 0 bridgehead atoms. The standard InChI is InChI=1S/C13H21N7O/c1-10(2)19(8-9-21-4)12-16-11(14-3)17-13(18-12)20-7-5-6-15-20/h5-7,10H,8-9H2,1-4H3,(H,14,16,17,18). The number of hydrogen-bond acceptors (Lipinski definition) is 7. The van der Waals surface area contributed by atoms with Gasteiger partial charge in [-0.1, -0.05) is 0 Å². The largest absolute Gasteiger partial charge is 0.383 e. The van der Waals surface area contributed by atoms with Crippen molar-refractivity contribution in [2.24, 2.45) is 0 Å². The number of ether oxygens (including phenoxy) is 1. The lowest BCUT2D eigenvalue weighted by Crippen LogP contribution is -2.35. The van der Waals surface area contributed by atoms with Crippen LogP contribution in [0.15, 0.2) is 18.5 Å². The van der Waals surface area contributed by atoms with E-state index >= 15 is 0 Å². The van der Waals surface area contributed by atoms with Gasteiger partial charge in [0.05, 0.1) is 6.61 Å². The van der Waals surface area contributed by atoms with Crippen molar-refractivity contribution in [2.45, 2.75) is 19.9 Å². The second-order valence-electron chi connectivity index (χ2n) is 4.74. The lowest BCUT2D eigenvalue weighted by Gasteiger charge is -2.26. The fourth-order valence-electron chi connectivity index (χ4n) is 1.86. The molecule has 0 aliphatic rings. The third-order valence-corrected chi connectivity index (χ3v) is 2.96. The molecule has 8 heteroatoms. The quantitative estimate of drug-likeness (QED) is 0.813. The number of anilines is 2. The van der Waals surface area contributed by atoms with Crippen molar-refractivity contribution in [1.29, 1.82) is 0 Å².